The van der Waals surface area contributed by atoms with Crippen LogP contribution in [0.15, 0.2) is 24.0 Å². The normalized spacial score (nSPS) is 26.0. The molecule has 16 nitrogen and oxygen atoms in total. The molecule has 0 amide bonds. The molecule has 0 aromatic heterocycles. The molecule has 2 aliphatic carbocycles. The van der Waals surface area contributed by atoms with E-state index in [1.165, 1.54) is 12.1 Å². The van der Waals surface area contributed by atoms with Crippen molar-refractivity contribution in [1.82, 2.24) is 5.32 Å². The first-order valence-corrected chi connectivity index (χ1v) is 15.4. The Morgan fingerprint density at radius 2 is 1.73 bits per heavy atom. The third-order valence-electron chi connectivity index (χ3n) is 9.31. The number of phenols is 1. The molecule has 0 unspecified atom stereocenters. The van der Waals surface area contributed by atoms with Crippen LogP contribution in [-0.4, -0.2) is 104 Å². The molecule has 0 bridgehead atoms. The number of rotatable bonds is 15. The highest BCUT2D eigenvalue weighted by Gasteiger charge is 2.69. The topological polar surface area (TPSA) is 253 Å². The predicted molar refractivity (Wildman–Crippen MR) is 160 cm³/mol. The van der Waals surface area contributed by atoms with Crippen LogP contribution < -0.4 is 10.1 Å². The van der Waals surface area contributed by atoms with E-state index in [0.29, 0.717) is 18.4 Å². The van der Waals surface area contributed by atoms with Crippen molar-refractivity contribution in [2.24, 2.45) is 5.92 Å². The maximum absolute atomic E-state index is 13.4. The lowest BCUT2D eigenvalue weighted by Gasteiger charge is -2.56. The molecule has 262 valence electrons. The van der Waals surface area contributed by atoms with Crippen molar-refractivity contribution in [1.29, 1.82) is 0 Å². The van der Waals surface area contributed by atoms with Gasteiger partial charge in [-0.1, -0.05) is 13.0 Å². The number of phenolic OH excluding ortho intramolecular Hbond substituents is 1. The molecule has 16 heteroatoms. The van der Waals surface area contributed by atoms with Crippen LogP contribution in [0.2, 0.25) is 0 Å². The Balaban J connectivity index is 1.55. The van der Waals surface area contributed by atoms with E-state index in [4.69, 9.17) is 24.4 Å². The van der Waals surface area contributed by atoms with E-state index in [0.717, 1.165) is 19.4 Å². The van der Waals surface area contributed by atoms with Gasteiger partial charge in [0.1, 0.15) is 11.9 Å². The Kier molecular flexibility index (Phi) is 10.5. The number of hydrogen-bond acceptors (Lipinski definition) is 14. The first kappa shape index (κ1) is 36.3. The van der Waals surface area contributed by atoms with E-state index in [-0.39, 0.29) is 23.7 Å². The summed E-state index contributed by atoms with van der Waals surface area (Å²) in [4.78, 5) is 73.5. The molecule has 8 atom stereocenters. The molecular weight excluding hydrogens is 638 g/mol. The van der Waals surface area contributed by atoms with Crippen LogP contribution in [0, 0.1) is 5.92 Å². The van der Waals surface area contributed by atoms with E-state index in [2.05, 4.69) is 10.1 Å². The lowest BCUT2D eigenvalue weighted by atomic mass is 9.52. The lowest BCUT2D eigenvalue weighted by molar-refractivity contribution is -0.179. The first-order valence-electron chi connectivity index (χ1n) is 15.4. The summed E-state index contributed by atoms with van der Waals surface area (Å²) in [5.74, 6) is -9.38. The molecule has 0 spiro atoms. The maximum atomic E-state index is 13.4. The minimum absolute atomic E-state index is 0.00823. The molecule has 0 radical (unpaired) electrons. The molecule has 1 heterocycles. The van der Waals surface area contributed by atoms with Crippen molar-refractivity contribution in [3.8, 4) is 11.5 Å². The first-order chi connectivity index (χ1) is 22.5. The van der Waals surface area contributed by atoms with Crippen molar-refractivity contribution in [3.63, 3.8) is 0 Å². The van der Waals surface area contributed by atoms with Crippen LogP contribution in [-0.2, 0) is 54.8 Å². The number of ether oxygens (including phenoxy) is 4. The van der Waals surface area contributed by atoms with Crippen LogP contribution in [0.1, 0.15) is 64.0 Å². The van der Waals surface area contributed by atoms with Crippen molar-refractivity contribution in [2.75, 3.05) is 7.05 Å². The molecule has 0 saturated heterocycles. The van der Waals surface area contributed by atoms with E-state index in [1.54, 1.807) is 13.1 Å². The summed E-state index contributed by atoms with van der Waals surface area (Å²) in [7, 11) is 1.72. The Labute approximate surface area is 274 Å². The summed E-state index contributed by atoms with van der Waals surface area (Å²) in [6, 6.07) is 2.82. The summed E-state index contributed by atoms with van der Waals surface area (Å²) < 4.78 is 21.6. The fourth-order valence-corrected chi connectivity index (χ4v) is 6.90. The summed E-state index contributed by atoms with van der Waals surface area (Å²) >= 11 is 0. The van der Waals surface area contributed by atoms with Crippen molar-refractivity contribution in [3.05, 3.63) is 35.1 Å². The third-order valence-corrected chi connectivity index (χ3v) is 9.31. The summed E-state index contributed by atoms with van der Waals surface area (Å²) in [6.07, 6.45) is -6.64. The largest absolute Gasteiger partial charge is 0.504 e. The second-order valence-corrected chi connectivity index (χ2v) is 12.2. The standard InChI is InChI=1S/C32H39NO15/c1-5-31-25-16-6-7-18(35)26(25)48-27(31)20(8-9-32(31,44)22(11-16)33-4)46-24(39)12-17(10-19(36)14(2)34)30(43)45-15(3)29(42)47-21(28(40)41)13-23(37)38/h6-8,14-15,17,21-22,27,33-35,44H,5,9-13H2,1-4H3,(H,37,38)(H,40,41)/t14-,15-,17-,21-,22+,27-,31-,32+/m0/s1. The molecule has 4 rings (SSSR count). The molecule has 1 aromatic carbocycles. The summed E-state index contributed by atoms with van der Waals surface area (Å²) in [5, 5.41) is 53.8. The zero-order chi connectivity index (χ0) is 35.7. The average molecular weight is 678 g/mol. The number of carbonyl (C=O) groups excluding carboxylic acids is 4. The Hall–Kier alpha value is -4.54. The SMILES string of the molecule is CC[C@]12c3c4ccc(O)c3O[C@H]1C(OC(=O)C[C@H](CC(=O)[C@H](C)O)C(=O)O[C@@H](C)C(=O)O[C@@H](CC(=O)O)C(=O)O)=CC[C@@]2(O)[C@H](NC)C4. The number of aliphatic hydroxyl groups excluding tert-OH is 1. The number of carboxylic acid groups (broad SMARTS) is 2. The highest BCUT2D eigenvalue weighted by atomic mass is 16.6. The van der Waals surface area contributed by atoms with Gasteiger partial charge >= 0.3 is 29.8 Å². The highest BCUT2D eigenvalue weighted by Crippen LogP contribution is 2.63. The van der Waals surface area contributed by atoms with Crippen LogP contribution in [0.4, 0.5) is 0 Å². The number of ketones is 1. The number of Topliss-reactive ketones (excluding diaryl/α,β-unsaturated/α-hetero) is 1. The van der Waals surface area contributed by atoms with Crippen LogP contribution >= 0.6 is 0 Å². The van der Waals surface area contributed by atoms with E-state index < -0.39 is 102 Å². The van der Waals surface area contributed by atoms with Crippen molar-refractivity contribution < 1.29 is 73.2 Å². The quantitative estimate of drug-likeness (QED) is 0.107. The minimum atomic E-state index is -2.07. The fraction of sp³-hybridized carbons (Fsp3) is 0.562. The smallest absolute Gasteiger partial charge is 0.348 e. The molecule has 48 heavy (non-hydrogen) atoms. The number of nitrogens with one attached hydrogen (secondary N) is 1. The third kappa shape index (κ3) is 6.47. The number of aliphatic hydroxyl groups is 2. The lowest BCUT2D eigenvalue weighted by Crippen LogP contribution is -2.70. The second kappa shape index (κ2) is 13.9. The molecular formula is C32H39NO15. The number of hydrogen-bond donors (Lipinski definition) is 6. The molecule has 6 N–H and O–H groups in total. The van der Waals surface area contributed by atoms with Gasteiger partial charge in [0, 0.05) is 24.4 Å². The van der Waals surface area contributed by atoms with Gasteiger partial charge in [0.25, 0.3) is 0 Å². The van der Waals surface area contributed by atoms with Gasteiger partial charge in [-0.05, 0) is 51.4 Å². The van der Waals surface area contributed by atoms with Crippen molar-refractivity contribution >= 4 is 35.6 Å². The highest BCUT2D eigenvalue weighted by molar-refractivity contribution is 5.90. The number of aromatic hydroxyl groups is 1. The summed E-state index contributed by atoms with van der Waals surface area (Å²) in [6.45, 7) is 4.01. The number of carboxylic acids is 2. The predicted octanol–water partition coefficient (Wildman–Crippen LogP) is 0.256. The van der Waals surface area contributed by atoms with Gasteiger partial charge in [-0.25, -0.2) is 9.59 Å². The fourth-order valence-electron chi connectivity index (χ4n) is 6.90. The van der Waals surface area contributed by atoms with Gasteiger partial charge in [0.2, 0.25) is 6.10 Å². The van der Waals surface area contributed by atoms with Gasteiger partial charge in [-0.3, -0.25) is 19.2 Å². The number of likely N-dealkylation sites (N-methyl/N-ethyl adjacent to an activating group) is 1. The molecule has 3 aliphatic rings. The Bertz CT molecular complexity index is 1540. The maximum Gasteiger partial charge on any atom is 0.348 e. The number of aliphatic carboxylic acids is 2. The zero-order valence-corrected chi connectivity index (χ0v) is 26.8. The average Bonchev–Trinajstić information content (AvgIpc) is 3.39. The van der Waals surface area contributed by atoms with Crippen LogP contribution in [0.25, 0.3) is 0 Å². The van der Waals surface area contributed by atoms with Gasteiger partial charge < -0.3 is 49.8 Å². The van der Waals surface area contributed by atoms with Crippen LogP contribution in [0.3, 0.4) is 0 Å². The van der Waals surface area contributed by atoms with E-state index in [1.807, 2.05) is 6.92 Å². The molecule has 1 aromatic rings. The summed E-state index contributed by atoms with van der Waals surface area (Å²) in [5.41, 5.74) is -1.09. The van der Waals surface area contributed by atoms with Crippen LogP contribution in [0.5, 0.6) is 11.5 Å². The van der Waals surface area contributed by atoms with Gasteiger partial charge in [-0.2, -0.15) is 0 Å². The number of carbonyl (C=O) groups is 6. The number of esters is 3. The number of benzene rings is 1. The van der Waals surface area contributed by atoms with E-state index >= 15 is 0 Å². The van der Waals surface area contributed by atoms with Gasteiger partial charge in [0.05, 0.1) is 29.8 Å². The Morgan fingerprint density at radius 1 is 1.04 bits per heavy atom. The molecule has 0 saturated carbocycles. The van der Waals surface area contributed by atoms with Crippen molar-refractivity contribution in [2.45, 2.75) is 101 Å². The Morgan fingerprint density at radius 3 is 2.31 bits per heavy atom. The van der Waals surface area contributed by atoms with E-state index in [9.17, 15) is 44.1 Å². The second-order valence-electron chi connectivity index (χ2n) is 12.2. The zero-order valence-electron chi connectivity index (χ0n) is 26.8. The molecule has 0 fully saturated rings. The van der Waals surface area contributed by atoms with Gasteiger partial charge in [-0.15, -0.1) is 0 Å². The van der Waals surface area contributed by atoms with Gasteiger partial charge in [0.15, 0.2) is 29.5 Å². The minimum Gasteiger partial charge on any atom is -0.504 e. The monoisotopic (exact) mass is 677 g/mol. The molecule has 1 aliphatic heterocycles.